The van der Waals surface area contributed by atoms with Gasteiger partial charge in [-0.25, -0.2) is 4.79 Å². The molecule has 522 valence electrons. The van der Waals surface area contributed by atoms with Gasteiger partial charge in [0.15, 0.2) is 6.10 Å². The lowest BCUT2D eigenvalue weighted by atomic mass is 9.91. The van der Waals surface area contributed by atoms with E-state index in [4.69, 9.17) is 9.47 Å². The van der Waals surface area contributed by atoms with Crippen LogP contribution in [0, 0.1) is 47.3 Å². The van der Waals surface area contributed by atoms with E-state index in [-0.39, 0.29) is 68.1 Å². The summed E-state index contributed by atoms with van der Waals surface area (Å²) in [5.74, 6) is -10.6. The Balaban J connectivity index is 2.99. The lowest BCUT2D eigenvalue weighted by Crippen LogP contribution is -2.63. The van der Waals surface area contributed by atoms with Crippen molar-refractivity contribution in [3.8, 4) is 0 Å². The molecule has 25 nitrogen and oxygen atoms in total. The highest BCUT2D eigenvalue weighted by Gasteiger charge is 2.45. The molecular formula is C66H119N11O14. The van der Waals surface area contributed by atoms with Crippen molar-refractivity contribution in [1.29, 1.82) is 0 Å². The van der Waals surface area contributed by atoms with E-state index in [2.05, 4.69) is 26.2 Å². The highest BCUT2D eigenvalue weighted by molar-refractivity contribution is 5.99. The Morgan fingerprint density at radius 2 is 0.879 bits per heavy atom. The number of amides is 10. The quantitative estimate of drug-likeness (QED) is 0.123. The van der Waals surface area contributed by atoms with Crippen LogP contribution < -0.4 is 21.3 Å². The molecule has 2 heterocycles. The number of carbonyl (C=O) groups excluding carboxylic acids is 11. The summed E-state index contributed by atoms with van der Waals surface area (Å²) in [5.41, 5.74) is 0. The van der Waals surface area contributed by atoms with Crippen LogP contribution >= 0.6 is 0 Å². The van der Waals surface area contributed by atoms with E-state index in [1.54, 1.807) is 41.5 Å². The average Bonchev–Trinajstić information content (AvgIpc) is 0.932. The molecule has 91 heavy (non-hydrogen) atoms. The van der Waals surface area contributed by atoms with E-state index < -0.39 is 156 Å². The van der Waals surface area contributed by atoms with Gasteiger partial charge < -0.3 is 65.2 Å². The Kier molecular flexibility index (Phi) is 33.6. The normalized spacial score (nSPS) is 27.0. The molecule has 0 radical (unpaired) electrons. The van der Waals surface area contributed by atoms with E-state index in [0.717, 1.165) is 9.80 Å². The number of hydrogen-bond donors (Lipinski definition) is 5. The Morgan fingerprint density at radius 1 is 0.473 bits per heavy atom. The van der Waals surface area contributed by atoms with Crippen molar-refractivity contribution in [2.75, 3.05) is 81.7 Å². The third kappa shape index (κ3) is 24.2. The van der Waals surface area contributed by atoms with Crippen LogP contribution in [0.1, 0.15) is 163 Å². The fourth-order valence-electron chi connectivity index (χ4n) is 11.7. The monoisotopic (exact) mass is 1290 g/mol. The van der Waals surface area contributed by atoms with Crippen molar-refractivity contribution in [1.82, 2.24) is 55.6 Å². The highest BCUT2D eigenvalue weighted by atomic mass is 16.6. The van der Waals surface area contributed by atoms with Gasteiger partial charge in [0.25, 0.3) is 5.91 Å². The number of carbonyl (C=O) groups is 11. The SMILES string of the molecule is CC[C@@H]1NC(=O)[C@H]([C@H](O)[C@H](C)CCN2CCOCC2)N(C)C(=O)[C@H](C(C)C)N(C)C(=O)[C@H](CC(C)C)NC(=O)[C@@H](CC(C)C)N(C)C(=O)[C@@H](C(C)C)OC(=O)[C@H](C)NC(=O)[C@H](CC(C)C)N(C)C(=O)[C@H](CC(C)C)NC(=O)[C@H](CC(C)C)N(C)C(=O)CN(C)C1=O. The zero-order valence-corrected chi connectivity index (χ0v) is 59.5. The smallest absolute Gasteiger partial charge is 0.329 e. The lowest BCUT2D eigenvalue weighted by Gasteiger charge is -2.40. The van der Waals surface area contributed by atoms with E-state index in [0.29, 0.717) is 39.3 Å². The maximum Gasteiger partial charge on any atom is 0.329 e. The number of aliphatic hydroxyl groups is 1. The molecule has 2 fully saturated rings. The molecule has 0 aliphatic carbocycles. The number of nitrogens with one attached hydrogen (secondary N) is 4. The standard InChI is InChI=1S/C66H119N11O14/c1-24-46-61(84)71(18)36-52(78)72(19)49(33-39(6)7)58(81)69-47(31-37(2)3)62(85)73(20)50(34-40(8)9)57(80)67-45(17)66(89)91-56(43(14)15)65(88)74(21)51(35-41(10)11)59(82)70-48(32-38(4)5)63(86)75(22)53(42(12)13)64(87)76(23)54(60(83)68-46)55(79)44(16)25-26-77-27-29-90-30-28-77/h37-51,53-56,79H,24-36H2,1-23H3,(H,67,80)(H,68,83)(H,69,81)(H,70,82)/t44-,45+,46+,47+,48+,49+,50+,51-,53+,54+,55-,56-/m1/s1. The van der Waals surface area contributed by atoms with Crippen LogP contribution in [0.25, 0.3) is 0 Å². The van der Waals surface area contributed by atoms with Crippen molar-refractivity contribution in [2.24, 2.45) is 47.3 Å². The second-order valence-corrected chi connectivity index (χ2v) is 28.5. The molecule has 0 unspecified atom stereocenters. The number of likely N-dealkylation sites (N-methyl/N-ethyl adjacent to an activating group) is 6. The number of aliphatic hydroxyl groups excluding tert-OH is 1. The van der Waals surface area contributed by atoms with Crippen molar-refractivity contribution >= 4 is 65.0 Å². The largest absolute Gasteiger partial charge is 0.450 e. The molecule has 2 rings (SSSR count). The molecule has 2 aliphatic rings. The van der Waals surface area contributed by atoms with E-state index >= 15 is 14.4 Å². The van der Waals surface area contributed by atoms with Gasteiger partial charge in [-0.05, 0) is 106 Å². The molecule has 0 spiro atoms. The predicted molar refractivity (Wildman–Crippen MR) is 348 cm³/mol. The third-order valence-electron chi connectivity index (χ3n) is 17.3. The Hall–Kier alpha value is -5.95. The van der Waals surface area contributed by atoms with Crippen LogP contribution in [0.15, 0.2) is 0 Å². The van der Waals surface area contributed by atoms with Crippen molar-refractivity contribution in [2.45, 2.75) is 229 Å². The molecular weight excluding hydrogens is 1170 g/mol. The number of hydrogen-bond acceptors (Lipinski definition) is 15. The highest BCUT2D eigenvalue weighted by Crippen LogP contribution is 2.25. The average molecular weight is 1290 g/mol. The molecule has 25 heteroatoms. The molecule has 0 bridgehead atoms. The summed E-state index contributed by atoms with van der Waals surface area (Å²) in [6.07, 6.45) is -1.89. The lowest BCUT2D eigenvalue weighted by molar-refractivity contribution is -0.166. The number of nitrogens with zero attached hydrogens (tertiary/aromatic N) is 7. The van der Waals surface area contributed by atoms with Crippen LogP contribution in [0.2, 0.25) is 0 Å². The first-order chi connectivity index (χ1) is 42.2. The molecule has 2 aliphatic heterocycles. The van der Waals surface area contributed by atoms with Crippen molar-refractivity contribution in [3.63, 3.8) is 0 Å². The molecule has 10 amide bonds. The molecule has 0 aromatic heterocycles. The number of esters is 1. The van der Waals surface area contributed by atoms with Gasteiger partial charge in [0.2, 0.25) is 53.2 Å². The Labute approximate surface area is 544 Å². The van der Waals surface area contributed by atoms with Crippen LogP contribution in [-0.2, 0) is 62.2 Å². The zero-order chi connectivity index (χ0) is 69.8. The minimum Gasteiger partial charge on any atom is -0.450 e. The van der Waals surface area contributed by atoms with Crippen molar-refractivity contribution in [3.05, 3.63) is 0 Å². The van der Waals surface area contributed by atoms with Gasteiger partial charge in [-0.2, -0.15) is 0 Å². The molecule has 0 aromatic carbocycles. The van der Waals surface area contributed by atoms with Gasteiger partial charge in [-0.1, -0.05) is 111 Å². The van der Waals surface area contributed by atoms with Gasteiger partial charge in [0.1, 0.15) is 54.4 Å². The Bertz CT molecular complexity index is 2430. The second kappa shape index (κ2) is 37.7. The first-order valence-corrected chi connectivity index (χ1v) is 33.2. The van der Waals surface area contributed by atoms with E-state index in [9.17, 15) is 43.5 Å². The number of rotatable bonds is 18. The van der Waals surface area contributed by atoms with Crippen LogP contribution in [0.4, 0.5) is 0 Å². The van der Waals surface area contributed by atoms with Crippen LogP contribution in [0.5, 0.6) is 0 Å². The van der Waals surface area contributed by atoms with Gasteiger partial charge in [0, 0.05) is 55.4 Å². The van der Waals surface area contributed by atoms with Crippen LogP contribution in [-0.4, -0.2) is 253 Å². The minimum absolute atomic E-state index is 0.0177. The number of ether oxygens (including phenoxy) is 2. The fourth-order valence-corrected chi connectivity index (χ4v) is 11.7. The van der Waals surface area contributed by atoms with Crippen LogP contribution in [0.3, 0.4) is 0 Å². The third-order valence-corrected chi connectivity index (χ3v) is 17.3. The second-order valence-electron chi connectivity index (χ2n) is 28.5. The first-order valence-electron chi connectivity index (χ1n) is 33.2. The van der Waals surface area contributed by atoms with Gasteiger partial charge in [-0.15, -0.1) is 0 Å². The van der Waals surface area contributed by atoms with Gasteiger partial charge in [0.05, 0.1) is 25.9 Å². The van der Waals surface area contributed by atoms with E-state index in [1.165, 1.54) is 68.8 Å². The molecule has 2 saturated heterocycles. The maximum absolute atomic E-state index is 15.3. The minimum atomic E-state index is -1.62. The zero-order valence-electron chi connectivity index (χ0n) is 59.5. The maximum atomic E-state index is 15.3. The summed E-state index contributed by atoms with van der Waals surface area (Å²) in [6, 6.07) is -11.5. The van der Waals surface area contributed by atoms with Gasteiger partial charge in [-0.3, -0.25) is 52.8 Å². The van der Waals surface area contributed by atoms with E-state index in [1.807, 2.05) is 69.2 Å². The summed E-state index contributed by atoms with van der Waals surface area (Å²) < 4.78 is 11.5. The molecule has 0 saturated carbocycles. The summed E-state index contributed by atoms with van der Waals surface area (Å²) in [5, 5.41) is 23.7. The number of morpholine rings is 1. The van der Waals surface area contributed by atoms with Crippen molar-refractivity contribution < 1.29 is 67.3 Å². The summed E-state index contributed by atoms with van der Waals surface area (Å²) in [6.45, 7) is 32.6. The predicted octanol–water partition coefficient (Wildman–Crippen LogP) is 3.14. The summed E-state index contributed by atoms with van der Waals surface area (Å²) >= 11 is 0. The number of cyclic esters (lactones) is 1. The molecule has 5 N–H and O–H groups in total. The topological polar surface area (TPSA) is 297 Å². The fraction of sp³-hybridized carbons (Fsp3) is 0.833. The van der Waals surface area contributed by atoms with Gasteiger partial charge >= 0.3 is 5.97 Å². The Morgan fingerprint density at radius 3 is 1.31 bits per heavy atom. The molecule has 12 atom stereocenters. The molecule has 0 aromatic rings. The summed E-state index contributed by atoms with van der Waals surface area (Å²) in [7, 11) is 8.44. The summed E-state index contributed by atoms with van der Waals surface area (Å²) in [4.78, 5) is 171. The first kappa shape index (κ1) is 81.1.